The van der Waals surface area contributed by atoms with Crippen molar-refractivity contribution in [1.82, 2.24) is 51.1 Å². The quantitative estimate of drug-likeness (QED) is 0.0158. The van der Waals surface area contributed by atoms with E-state index in [1.807, 2.05) is 18.2 Å². The zero-order valence-corrected chi connectivity index (χ0v) is 96.9. The number of likely N-dealkylation sites (N-methyl/N-ethyl adjacent to an activating group) is 5. The molecule has 798 valence electrons. The SMILES string of the molecule is C.CCN(CC)CCNC(=O)c1cc([131I])c(NC(=O)c2ccc(Cl)cc2)cc1OC.CCN(CC)CCNC(=O)c1cc([131I])c(NC(=O)c2ccc(F)cc2)cc1OC.CCN(CC)CCNC(=O)c1cc([131I])c(NC(=O)c2ccc(OC)cc2)cc1OC.CCN(CC)CCNC(=O)c1cc([131I])c(NC(=O)c2ccc3c(c2)OCO3)cc1OC.CCN(CC)CCNC(=O)c1cc([131I])c(NC(=O)c2ccccc2)cc1OC. The highest BCUT2D eigenvalue weighted by Crippen LogP contribution is 2.37. The second-order valence-electron chi connectivity index (χ2n) is 32.0. The minimum Gasteiger partial charge on any atom is -0.497 e. The summed E-state index contributed by atoms with van der Waals surface area (Å²) in [5.41, 5.74) is 7.29. The van der Waals surface area contributed by atoms with Crippen LogP contribution in [-0.2, 0) is 0 Å². The highest BCUT2D eigenvalue weighted by Gasteiger charge is 2.27. The Balaban J connectivity index is 0.000000282. The van der Waals surface area contributed by atoms with Crippen LogP contribution in [0.3, 0.4) is 0 Å². The van der Waals surface area contributed by atoms with E-state index in [2.05, 4.69) is 260 Å². The maximum Gasteiger partial charge on any atom is 0.255 e. The van der Waals surface area contributed by atoms with Crippen molar-refractivity contribution in [3.8, 4) is 46.0 Å². The molecule has 0 unspecified atom stereocenters. The largest absolute Gasteiger partial charge is 0.497 e. The lowest BCUT2D eigenvalue weighted by molar-refractivity contribution is 0.0937. The van der Waals surface area contributed by atoms with Crippen LogP contribution in [0.15, 0.2) is 182 Å². The molecule has 0 aliphatic carbocycles. The van der Waals surface area contributed by atoms with Gasteiger partial charge in [-0.05, 0) is 312 Å². The lowest BCUT2D eigenvalue weighted by Gasteiger charge is -2.18. The van der Waals surface area contributed by atoms with Gasteiger partial charge in [-0.3, -0.25) is 47.9 Å². The van der Waals surface area contributed by atoms with Gasteiger partial charge in [-0.15, -0.1) is 0 Å². The molecule has 10 amide bonds. The molecule has 1 aliphatic heterocycles. The van der Waals surface area contributed by atoms with Crippen molar-refractivity contribution in [3.05, 3.63) is 266 Å². The number of anilines is 5. The van der Waals surface area contributed by atoms with E-state index in [1.54, 1.807) is 147 Å². The lowest BCUT2D eigenvalue weighted by Crippen LogP contribution is -2.35. The van der Waals surface area contributed by atoms with Crippen LogP contribution in [0.25, 0.3) is 0 Å². The third-order valence-corrected chi connectivity index (χ3v) is 27.9. The maximum absolute atomic E-state index is 13.0. The number of methoxy groups -OCH3 is 6. The lowest BCUT2D eigenvalue weighted by atomic mass is 10.1. The van der Waals surface area contributed by atoms with Gasteiger partial charge in [0, 0.05) is 146 Å². The number of halogens is 7. The third-order valence-electron chi connectivity index (χ3n) is 23.2. The van der Waals surface area contributed by atoms with Crippen LogP contribution in [0, 0.1) is 23.7 Å². The summed E-state index contributed by atoms with van der Waals surface area (Å²) in [6.45, 7) is 37.1. The predicted octanol–water partition coefficient (Wildman–Crippen LogP) is 19.3. The summed E-state index contributed by atoms with van der Waals surface area (Å²) in [6, 6.07) is 49.6. The van der Waals surface area contributed by atoms with Crippen LogP contribution in [0.4, 0.5) is 32.8 Å². The molecule has 0 saturated carbocycles. The van der Waals surface area contributed by atoms with Crippen molar-refractivity contribution >= 4 is 212 Å². The number of nitrogens with zero attached hydrogens (tertiary/aromatic N) is 5. The minimum atomic E-state index is -0.408. The summed E-state index contributed by atoms with van der Waals surface area (Å²) >= 11 is 16.3. The topological polar surface area (TPSA) is 381 Å². The van der Waals surface area contributed by atoms with Crippen molar-refractivity contribution < 1.29 is 90.2 Å². The fraction of sp³-hybridized carbons (Fsp3) is 0.352. The first kappa shape index (κ1) is 126. The number of fused-ring (bicyclic) bond motifs is 1. The van der Waals surface area contributed by atoms with Gasteiger partial charge < -0.3 is 116 Å². The van der Waals surface area contributed by atoms with E-state index in [9.17, 15) is 52.3 Å². The first-order valence-electron chi connectivity index (χ1n) is 47.7. The van der Waals surface area contributed by atoms with Gasteiger partial charge in [0.15, 0.2) is 11.5 Å². The number of carbonyl (C=O) groups excluding carboxylic acids is 10. The minimum absolute atomic E-state index is 0. The standard InChI is InChI=1S/C22H26IN3O5.C22H28IN3O4.C21H25ClIN3O3.C21H25FIN3O3.C21H26IN3O3.CH4/c1-4-26(5-2)9-8-24-22(28)15-11-16(23)17(12-19(15)29-3)25-21(27)14-6-7-18-20(10-14)31-13-30-18;1-5-26(6-2)12-11-24-22(28)17-13-18(23)19(14-20(17)30-4)25-21(27)15-7-9-16(29-3)10-8-15;2*1-4-26(5-2)11-10-24-21(28)16-12-17(23)18(13-19(16)29-3)25-20(27)14-6-8-15(22)9-7-14;1-4-25(5-2)12-11-23-21(27)16-13-17(22)18(14-19(16)28-3)24-20(26)15-9-7-6-8-10-15;/h6-7,10-12H,4-5,8-9,13H2,1-3H3,(H,24,28)(H,25,27);7-10,13-14H,5-6,11-12H2,1-4H3,(H,24,28)(H,25,27);2*6-9,12-13H,4-5,10-11H2,1-3H3,(H,24,28)(H,25,27);6-10,13-14H,4-5,11-12H2,1-3H3,(H,23,27)(H,24,26);1H4/i4*23+4;22+4;. The Morgan fingerprint density at radius 3 is 0.770 bits per heavy atom. The van der Waals surface area contributed by atoms with Crippen molar-refractivity contribution in [1.29, 1.82) is 0 Å². The average Bonchev–Trinajstić information content (AvgIpc) is 1.23. The van der Waals surface area contributed by atoms with E-state index in [4.69, 9.17) is 49.5 Å². The Labute approximate surface area is 940 Å². The molecule has 40 heteroatoms. The first-order chi connectivity index (χ1) is 70.7. The van der Waals surface area contributed by atoms with E-state index < -0.39 is 5.82 Å². The Morgan fingerprint density at radius 1 is 0.291 bits per heavy atom. The highest BCUT2D eigenvalue weighted by atomic mass is 131. The fourth-order valence-electron chi connectivity index (χ4n) is 14.3. The van der Waals surface area contributed by atoms with Gasteiger partial charge in [-0.2, -0.15) is 0 Å². The third kappa shape index (κ3) is 39.4. The maximum atomic E-state index is 13.0. The van der Waals surface area contributed by atoms with Crippen LogP contribution < -0.4 is 91.1 Å². The molecule has 11 rings (SSSR count). The second-order valence-corrected chi connectivity index (χ2v) is 38.3. The molecule has 1 heterocycles. The first-order valence-corrected chi connectivity index (χ1v) is 53.5. The van der Waals surface area contributed by atoms with Crippen LogP contribution in [0.5, 0.6) is 46.0 Å². The molecule has 10 N–H and O–H groups in total. The Morgan fingerprint density at radius 2 is 0.520 bits per heavy atom. The normalized spacial score (nSPS) is 10.9. The number of hydrogen-bond acceptors (Lipinski definition) is 23. The van der Waals surface area contributed by atoms with Crippen molar-refractivity contribution in [2.24, 2.45) is 0 Å². The second kappa shape index (κ2) is 66.5. The smallest absolute Gasteiger partial charge is 0.255 e. The Bertz CT molecular complexity index is 5890. The number of rotatable bonds is 46. The van der Waals surface area contributed by atoms with Gasteiger partial charge in [-0.25, -0.2) is 4.39 Å². The molecule has 148 heavy (non-hydrogen) atoms. The van der Waals surface area contributed by atoms with Gasteiger partial charge in [0.1, 0.15) is 40.3 Å². The van der Waals surface area contributed by atoms with Crippen molar-refractivity contribution in [2.75, 3.05) is 207 Å². The number of nitrogens with one attached hydrogen (secondary N) is 10. The van der Waals surface area contributed by atoms with E-state index in [0.717, 1.165) is 112 Å². The summed E-state index contributed by atoms with van der Waals surface area (Å²) in [7, 11) is 9.06. The van der Waals surface area contributed by atoms with Crippen molar-refractivity contribution in [2.45, 2.75) is 76.7 Å². The van der Waals surface area contributed by atoms with Gasteiger partial charge in [0.25, 0.3) is 59.1 Å². The molecule has 0 aromatic heterocycles. The molecular formula is C108H134ClFI5N15O18. The van der Waals surface area contributed by atoms with Gasteiger partial charge >= 0.3 is 0 Å². The van der Waals surface area contributed by atoms with Crippen LogP contribution in [0.1, 0.15) is 180 Å². The monoisotopic (exact) mass is 2640 g/mol. The summed E-state index contributed by atoms with van der Waals surface area (Å²) in [5, 5.41) is 29.4. The summed E-state index contributed by atoms with van der Waals surface area (Å²) in [5.74, 6) is 0.951. The molecule has 1 aliphatic rings. The molecule has 0 spiro atoms. The van der Waals surface area contributed by atoms with Gasteiger partial charge in [-0.1, -0.05) is 106 Å². The molecular weight excluding hydrogens is 2500 g/mol. The number of benzene rings is 10. The molecule has 0 radical (unpaired) electrons. The highest BCUT2D eigenvalue weighted by molar-refractivity contribution is 14.1. The van der Waals surface area contributed by atoms with Gasteiger partial charge in [0.2, 0.25) is 6.79 Å². The van der Waals surface area contributed by atoms with E-state index in [1.165, 1.54) is 59.8 Å². The Hall–Kier alpha value is -11.0. The predicted molar refractivity (Wildman–Crippen MR) is 626 cm³/mol. The van der Waals surface area contributed by atoms with Crippen molar-refractivity contribution in [3.63, 3.8) is 0 Å². The number of carbonyl (C=O) groups is 10. The zero-order valence-electron chi connectivity index (χ0n) is 85.4. The summed E-state index contributed by atoms with van der Waals surface area (Å²) in [6.07, 6.45) is 0. The molecule has 33 nitrogen and oxygen atoms in total. The molecule has 0 saturated heterocycles. The number of ether oxygens (including phenoxy) is 8. The fourth-order valence-corrected chi connectivity index (χ4v) is 17.5. The van der Waals surface area contributed by atoms with E-state index in [0.29, 0.717) is 171 Å². The molecule has 10 aromatic carbocycles. The molecule has 0 bridgehead atoms. The van der Waals surface area contributed by atoms with Crippen LogP contribution >= 0.6 is 125 Å². The number of amides is 10. The van der Waals surface area contributed by atoms with E-state index >= 15 is 0 Å². The summed E-state index contributed by atoms with van der Waals surface area (Å²) in [4.78, 5) is 137. The summed E-state index contributed by atoms with van der Waals surface area (Å²) < 4.78 is 59.4. The van der Waals surface area contributed by atoms with Gasteiger partial charge in [0.05, 0.1) is 98.9 Å². The van der Waals surface area contributed by atoms with Crippen LogP contribution in [-0.4, -0.2) is 264 Å². The average molecular weight is 2640 g/mol. The zero-order chi connectivity index (χ0) is 108. The molecule has 10 aromatic rings. The Kier molecular flexibility index (Phi) is 56.5. The molecule has 0 atom stereocenters. The van der Waals surface area contributed by atoms with E-state index in [-0.39, 0.29) is 73.3 Å². The molecule has 0 fully saturated rings. The van der Waals surface area contributed by atoms with Crippen LogP contribution in [0.2, 0.25) is 5.02 Å². The number of hydrogen-bond donors (Lipinski definition) is 10.